The maximum absolute atomic E-state index is 12.8. The zero-order valence-corrected chi connectivity index (χ0v) is 17.8. The molecule has 1 fully saturated rings. The average Bonchev–Trinajstić information content (AvgIpc) is 3.44. The Balaban J connectivity index is 1.32. The molecule has 2 aromatic carbocycles. The van der Waals surface area contributed by atoms with Gasteiger partial charge in [0.2, 0.25) is 0 Å². The fraction of sp³-hybridized carbons (Fsp3) is 0.348. The quantitative estimate of drug-likeness (QED) is 0.655. The lowest BCUT2D eigenvalue weighted by Gasteiger charge is -2.30. The molecule has 0 bridgehead atoms. The number of nitrogens with one attached hydrogen (secondary N) is 2. The third kappa shape index (κ3) is 3.64. The first-order valence-corrected chi connectivity index (χ1v) is 10.7. The molecule has 9 nitrogen and oxygen atoms in total. The Morgan fingerprint density at radius 2 is 1.97 bits per heavy atom. The Kier molecular flexibility index (Phi) is 5.40. The van der Waals surface area contributed by atoms with Crippen LogP contribution in [0.5, 0.6) is 0 Å². The standard InChI is InChI=1S/C23H25N5O4/c1-31-23(30)28-21-7-3-5-18(17(21)14-24-28)25-22(29)26-19-9-8-16-15(19)4-2-6-20(16)27-10-12-32-13-11-27/h2-7,14,19H,8-13H2,1H3,(H2,25,26,29). The summed E-state index contributed by atoms with van der Waals surface area (Å²) in [5, 5.41) is 10.8. The summed E-state index contributed by atoms with van der Waals surface area (Å²) in [7, 11) is 1.30. The molecule has 1 aliphatic heterocycles. The zero-order chi connectivity index (χ0) is 22.1. The summed E-state index contributed by atoms with van der Waals surface area (Å²) in [6.45, 7) is 3.26. The van der Waals surface area contributed by atoms with E-state index >= 15 is 0 Å². The number of aromatic nitrogens is 2. The number of hydrogen-bond donors (Lipinski definition) is 2. The van der Waals surface area contributed by atoms with Crippen LogP contribution in [0.1, 0.15) is 23.6 Å². The van der Waals surface area contributed by atoms with Crippen molar-refractivity contribution in [3.63, 3.8) is 0 Å². The molecule has 1 aromatic heterocycles. The molecular weight excluding hydrogens is 410 g/mol. The van der Waals surface area contributed by atoms with E-state index in [4.69, 9.17) is 9.47 Å². The van der Waals surface area contributed by atoms with Crippen LogP contribution in [0, 0.1) is 0 Å². The Morgan fingerprint density at radius 1 is 1.16 bits per heavy atom. The summed E-state index contributed by atoms with van der Waals surface area (Å²) in [5.41, 5.74) is 4.86. The molecule has 2 N–H and O–H groups in total. The van der Waals surface area contributed by atoms with Crippen LogP contribution in [0.15, 0.2) is 42.6 Å². The number of amides is 2. The van der Waals surface area contributed by atoms with E-state index in [1.165, 1.54) is 28.6 Å². The van der Waals surface area contributed by atoms with Crippen molar-refractivity contribution in [1.82, 2.24) is 15.1 Å². The van der Waals surface area contributed by atoms with E-state index in [1.54, 1.807) is 24.4 Å². The predicted molar refractivity (Wildman–Crippen MR) is 120 cm³/mol. The molecule has 2 amide bonds. The third-order valence-corrected chi connectivity index (χ3v) is 6.11. The Hall–Kier alpha value is -3.59. The van der Waals surface area contributed by atoms with Crippen LogP contribution in [-0.2, 0) is 15.9 Å². The van der Waals surface area contributed by atoms with Crippen LogP contribution >= 0.6 is 0 Å². The molecule has 0 saturated carbocycles. The van der Waals surface area contributed by atoms with Gasteiger partial charge in [-0.2, -0.15) is 9.78 Å². The topological polar surface area (TPSA) is 97.7 Å². The van der Waals surface area contributed by atoms with Crippen LogP contribution < -0.4 is 15.5 Å². The molecule has 5 rings (SSSR count). The molecule has 1 unspecified atom stereocenters. The number of hydrogen-bond acceptors (Lipinski definition) is 6. The molecule has 2 heterocycles. The maximum atomic E-state index is 12.8. The van der Waals surface area contributed by atoms with E-state index in [-0.39, 0.29) is 12.1 Å². The lowest BCUT2D eigenvalue weighted by atomic mass is 10.1. The summed E-state index contributed by atoms with van der Waals surface area (Å²) in [4.78, 5) is 27.1. The van der Waals surface area contributed by atoms with Crippen LogP contribution in [0.25, 0.3) is 10.9 Å². The number of nitrogens with zero attached hydrogens (tertiary/aromatic N) is 3. The second-order valence-corrected chi connectivity index (χ2v) is 7.90. The first-order valence-electron chi connectivity index (χ1n) is 10.7. The lowest BCUT2D eigenvalue weighted by molar-refractivity contribution is 0.122. The highest BCUT2D eigenvalue weighted by Crippen LogP contribution is 2.37. The molecule has 0 radical (unpaired) electrons. The largest absolute Gasteiger partial charge is 0.451 e. The number of anilines is 2. The van der Waals surface area contributed by atoms with Gasteiger partial charge in [-0.15, -0.1) is 0 Å². The van der Waals surface area contributed by atoms with E-state index in [9.17, 15) is 9.59 Å². The van der Waals surface area contributed by atoms with Gasteiger partial charge in [0.25, 0.3) is 0 Å². The van der Waals surface area contributed by atoms with Crippen molar-refractivity contribution in [3.8, 4) is 0 Å². The van der Waals surface area contributed by atoms with Gasteiger partial charge in [-0.05, 0) is 42.2 Å². The summed E-state index contributed by atoms with van der Waals surface area (Å²) in [6.07, 6.45) is 2.74. The van der Waals surface area contributed by atoms with Gasteiger partial charge in [-0.1, -0.05) is 18.2 Å². The van der Waals surface area contributed by atoms with E-state index in [0.29, 0.717) is 16.6 Å². The van der Waals surface area contributed by atoms with E-state index in [2.05, 4.69) is 38.8 Å². The average molecular weight is 435 g/mol. The highest BCUT2D eigenvalue weighted by Gasteiger charge is 2.28. The second kappa shape index (κ2) is 8.51. The van der Waals surface area contributed by atoms with Crippen molar-refractivity contribution < 1.29 is 19.1 Å². The van der Waals surface area contributed by atoms with Crippen molar-refractivity contribution in [2.45, 2.75) is 18.9 Å². The van der Waals surface area contributed by atoms with Crippen LogP contribution in [0.3, 0.4) is 0 Å². The summed E-state index contributed by atoms with van der Waals surface area (Å²) < 4.78 is 11.4. The molecule has 0 spiro atoms. The number of methoxy groups -OCH3 is 1. The first-order chi connectivity index (χ1) is 15.7. The molecule has 9 heteroatoms. The molecule has 166 valence electrons. The van der Waals surface area contributed by atoms with E-state index in [1.807, 2.05) is 0 Å². The molecule has 1 atom stereocenters. The van der Waals surface area contributed by atoms with Gasteiger partial charge >= 0.3 is 12.1 Å². The van der Waals surface area contributed by atoms with Gasteiger partial charge < -0.3 is 25.0 Å². The van der Waals surface area contributed by atoms with Gasteiger partial charge in [0.1, 0.15) is 0 Å². The Bertz CT molecular complexity index is 1170. The number of rotatable bonds is 3. The van der Waals surface area contributed by atoms with Crippen molar-refractivity contribution in [1.29, 1.82) is 0 Å². The SMILES string of the molecule is COC(=O)n1ncc2c(NC(=O)NC3CCc4c3cccc4N3CCOCC3)cccc21. The molecule has 2 aliphatic rings. The number of benzene rings is 2. The predicted octanol–water partition coefficient (Wildman–Crippen LogP) is 3.30. The highest BCUT2D eigenvalue weighted by molar-refractivity contribution is 6.02. The molecular formula is C23H25N5O4. The van der Waals surface area contributed by atoms with Crippen molar-refractivity contribution in [2.24, 2.45) is 0 Å². The normalized spacial score (nSPS) is 17.8. The van der Waals surface area contributed by atoms with Gasteiger partial charge in [0.05, 0.1) is 43.8 Å². The zero-order valence-electron chi connectivity index (χ0n) is 17.8. The minimum atomic E-state index is -0.583. The molecule has 32 heavy (non-hydrogen) atoms. The van der Waals surface area contributed by atoms with Gasteiger partial charge in [0, 0.05) is 24.2 Å². The highest BCUT2D eigenvalue weighted by atomic mass is 16.5. The minimum Gasteiger partial charge on any atom is -0.451 e. The summed E-state index contributed by atoms with van der Waals surface area (Å²) >= 11 is 0. The summed E-state index contributed by atoms with van der Waals surface area (Å²) in [5.74, 6) is 0. The molecule has 1 saturated heterocycles. The number of urea groups is 1. The number of fused-ring (bicyclic) bond motifs is 2. The van der Waals surface area contributed by atoms with Crippen molar-refractivity contribution in [3.05, 3.63) is 53.7 Å². The van der Waals surface area contributed by atoms with Crippen molar-refractivity contribution in [2.75, 3.05) is 43.6 Å². The van der Waals surface area contributed by atoms with Gasteiger partial charge in [0.15, 0.2) is 0 Å². The number of ether oxygens (including phenoxy) is 2. The van der Waals surface area contributed by atoms with Gasteiger partial charge in [-0.3, -0.25) is 0 Å². The number of carbonyl (C=O) groups excluding carboxylic acids is 2. The van der Waals surface area contributed by atoms with Crippen LogP contribution in [0.2, 0.25) is 0 Å². The Labute approximate surface area is 185 Å². The lowest BCUT2D eigenvalue weighted by Crippen LogP contribution is -2.36. The van der Waals surface area contributed by atoms with E-state index in [0.717, 1.165) is 39.1 Å². The first kappa shape index (κ1) is 20.3. The van der Waals surface area contributed by atoms with Crippen LogP contribution in [0.4, 0.5) is 21.0 Å². The summed E-state index contributed by atoms with van der Waals surface area (Å²) in [6, 6.07) is 11.3. The molecule has 1 aliphatic carbocycles. The van der Waals surface area contributed by atoms with Gasteiger partial charge in [-0.25, -0.2) is 9.59 Å². The monoisotopic (exact) mass is 435 g/mol. The maximum Gasteiger partial charge on any atom is 0.434 e. The minimum absolute atomic E-state index is 0.0528. The smallest absolute Gasteiger partial charge is 0.434 e. The molecule has 3 aromatic rings. The number of carbonyl (C=O) groups is 2. The van der Waals surface area contributed by atoms with Crippen LogP contribution in [-0.4, -0.2) is 55.3 Å². The second-order valence-electron chi connectivity index (χ2n) is 7.90. The third-order valence-electron chi connectivity index (χ3n) is 6.11. The fourth-order valence-corrected chi connectivity index (χ4v) is 4.59. The van der Waals surface area contributed by atoms with Crippen molar-refractivity contribution >= 4 is 34.4 Å². The fourth-order valence-electron chi connectivity index (χ4n) is 4.59. The Morgan fingerprint density at radius 3 is 2.78 bits per heavy atom. The number of morpholine rings is 1. The van der Waals surface area contributed by atoms with E-state index < -0.39 is 6.09 Å².